The predicted octanol–water partition coefficient (Wildman–Crippen LogP) is 3.20. The molecule has 0 amide bonds. The van der Waals surface area contributed by atoms with Crippen LogP contribution in [-0.4, -0.2) is 17.0 Å². The van der Waals surface area contributed by atoms with Gasteiger partial charge in [0.1, 0.15) is 0 Å². The van der Waals surface area contributed by atoms with Gasteiger partial charge in [0.15, 0.2) is 0 Å². The SMILES string of the molecule is CC1=C(C(=O)OC(C)C)C(C)(c2cccc([N+](=O)[O-])c2)C=CN1. The number of ether oxygens (including phenoxy) is 1. The zero-order valence-electron chi connectivity index (χ0n) is 13.6. The maximum atomic E-state index is 12.5. The molecule has 1 unspecified atom stereocenters. The number of nitro groups is 1. The zero-order chi connectivity index (χ0) is 17.2. The Hall–Kier alpha value is -2.63. The summed E-state index contributed by atoms with van der Waals surface area (Å²) in [7, 11) is 0. The van der Waals surface area contributed by atoms with E-state index in [9.17, 15) is 14.9 Å². The van der Waals surface area contributed by atoms with Crippen LogP contribution in [0.2, 0.25) is 0 Å². The predicted molar refractivity (Wildman–Crippen MR) is 86.7 cm³/mol. The van der Waals surface area contributed by atoms with E-state index in [4.69, 9.17) is 4.74 Å². The van der Waals surface area contributed by atoms with Crippen LogP contribution in [0.25, 0.3) is 0 Å². The molecule has 122 valence electrons. The van der Waals surface area contributed by atoms with Gasteiger partial charge in [0.05, 0.1) is 16.6 Å². The summed E-state index contributed by atoms with van der Waals surface area (Å²) in [5, 5.41) is 14.0. The lowest BCUT2D eigenvalue weighted by Gasteiger charge is -2.33. The number of nitro benzene ring substituents is 1. The molecule has 6 heteroatoms. The number of dihydropyridines is 1. The van der Waals surface area contributed by atoms with Gasteiger partial charge in [0.2, 0.25) is 0 Å². The first-order valence-electron chi connectivity index (χ1n) is 7.37. The first kappa shape index (κ1) is 16.7. The van der Waals surface area contributed by atoms with Gasteiger partial charge in [-0.05, 0) is 39.5 Å². The molecule has 6 nitrogen and oxygen atoms in total. The van der Waals surface area contributed by atoms with Crippen molar-refractivity contribution in [1.82, 2.24) is 5.32 Å². The quantitative estimate of drug-likeness (QED) is 0.524. The average molecular weight is 316 g/mol. The summed E-state index contributed by atoms with van der Waals surface area (Å²) in [6, 6.07) is 6.32. The molecule has 0 bridgehead atoms. The molecule has 0 radical (unpaired) electrons. The van der Waals surface area contributed by atoms with Crippen molar-refractivity contribution in [3.63, 3.8) is 0 Å². The van der Waals surface area contributed by atoms with Gasteiger partial charge in [0.25, 0.3) is 5.69 Å². The summed E-state index contributed by atoms with van der Waals surface area (Å²) >= 11 is 0. The topological polar surface area (TPSA) is 81.5 Å². The van der Waals surface area contributed by atoms with Crippen LogP contribution in [0.4, 0.5) is 5.69 Å². The highest BCUT2D eigenvalue weighted by molar-refractivity contribution is 5.93. The second-order valence-electron chi connectivity index (χ2n) is 5.94. The van der Waals surface area contributed by atoms with Crippen molar-refractivity contribution >= 4 is 11.7 Å². The minimum absolute atomic E-state index is 0.00936. The first-order chi connectivity index (χ1) is 10.8. The highest BCUT2D eigenvalue weighted by Crippen LogP contribution is 2.38. The molecule has 0 aromatic heterocycles. The molecule has 0 saturated heterocycles. The molecular formula is C17H20N2O4. The molecule has 1 aliphatic heterocycles. The van der Waals surface area contributed by atoms with E-state index in [0.29, 0.717) is 16.8 Å². The molecule has 1 atom stereocenters. The Kier molecular flexibility index (Phi) is 4.54. The fourth-order valence-corrected chi connectivity index (χ4v) is 2.70. The molecule has 1 aliphatic rings. The van der Waals surface area contributed by atoms with Gasteiger partial charge in [-0.15, -0.1) is 0 Å². The van der Waals surface area contributed by atoms with Crippen molar-refractivity contribution < 1.29 is 14.5 Å². The molecule has 23 heavy (non-hydrogen) atoms. The number of allylic oxidation sites excluding steroid dienone is 2. The normalized spacial score (nSPS) is 20.4. The largest absolute Gasteiger partial charge is 0.460 e. The van der Waals surface area contributed by atoms with Gasteiger partial charge in [-0.25, -0.2) is 4.79 Å². The van der Waals surface area contributed by atoms with Crippen LogP contribution in [0.5, 0.6) is 0 Å². The van der Waals surface area contributed by atoms with E-state index in [1.54, 1.807) is 39.1 Å². The molecule has 1 heterocycles. The summed E-state index contributed by atoms with van der Waals surface area (Å²) in [6.07, 6.45) is 3.30. The van der Waals surface area contributed by atoms with Gasteiger partial charge in [-0.1, -0.05) is 18.2 Å². The van der Waals surface area contributed by atoms with Crippen LogP contribution < -0.4 is 5.32 Å². The van der Waals surface area contributed by atoms with Crippen molar-refractivity contribution in [3.05, 3.63) is 63.5 Å². The van der Waals surface area contributed by atoms with Crippen LogP contribution in [0, 0.1) is 10.1 Å². The first-order valence-corrected chi connectivity index (χ1v) is 7.37. The molecule has 1 aromatic carbocycles. The average Bonchev–Trinajstić information content (AvgIpc) is 2.46. The Bertz CT molecular complexity index is 706. The van der Waals surface area contributed by atoms with Crippen molar-refractivity contribution in [3.8, 4) is 0 Å². The minimum atomic E-state index is -0.798. The second-order valence-corrected chi connectivity index (χ2v) is 5.94. The van der Waals surface area contributed by atoms with Crippen LogP contribution >= 0.6 is 0 Å². The van der Waals surface area contributed by atoms with Gasteiger partial charge in [-0.2, -0.15) is 0 Å². The van der Waals surface area contributed by atoms with Gasteiger partial charge < -0.3 is 10.1 Å². The Balaban J connectivity index is 2.54. The minimum Gasteiger partial charge on any atom is -0.460 e. The van der Waals surface area contributed by atoms with Gasteiger partial charge >= 0.3 is 5.97 Å². The van der Waals surface area contributed by atoms with E-state index in [1.807, 2.05) is 13.0 Å². The summed E-state index contributed by atoms with van der Waals surface area (Å²) in [5.74, 6) is -0.427. The Morgan fingerprint density at radius 2 is 2.09 bits per heavy atom. The number of esters is 1. The maximum Gasteiger partial charge on any atom is 0.337 e. The zero-order valence-corrected chi connectivity index (χ0v) is 13.6. The van der Waals surface area contributed by atoms with E-state index in [1.165, 1.54) is 12.1 Å². The molecule has 1 aromatic rings. The summed E-state index contributed by atoms with van der Waals surface area (Å²) < 4.78 is 5.35. The standard InChI is InChI=1S/C17H20N2O4/c1-11(2)23-16(20)15-12(3)18-9-8-17(15,4)13-6-5-7-14(10-13)19(21)22/h5-11,18H,1-4H3. The molecule has 0 aliphatic carbocycles. The van der Waals surface area contributed by atoms with E-state index >= 15 is 0 Å². The van der Waals surface area contributed by atoms with E-state index in [0.717, 1.165) is 0 Å². The Labute approximate surface area is 135 Å². The van der Waals surface area contributed by atoms with Crippen LogP contribution in [0.1, 0.15) is 33.3 Å². The monoisotopic (exact) mass is 316 g/mol. The highest BCUT2D eigenvalue weighted by atomic mass is 16.6. The number of carbonyl (C=O) groups excluding carboxylic acids is 1. The summed E-state index contributed by atoms with van der Waals surface area (Å²) in [5.41, 5.74) is 0.985. The van der Waals surface area contributed by atoms with E-state index in [-0.39, 0.29) is 11.8 Å². The maximum absolute atomic E-state index is 12.5. The number of rotatable bonds is 4. The molecular weight excluding hydrogens is 296 g/mol. The lowest BCUT2D eigenvalue weighted by atomic mass is 9.73. The number of hydrogen-bond acceptors (Lipinski definition) is 5. The molecule has 1 N–H and O–H groups in total. The smallest absolute Gasteiger partial charge is 0.337 e. The number of hydrogen-bond donors (Lipinski definition) is 1. The van der Waals surface area contributed by atoms with Crippen molar-refractivity contribution in [2.45, 2.75) is 39.2 Å². The second kappa shape index (κ2) is 6.24. The van der Waals surface area contributed by atoms with Crippen molar-refractivity contribution in [2.24, 2.45) is 0 Å². The van der Waals surface area contributed by atoms with Gasteiger partial charge in [-0.3, -0.25) is 10.1 Å². The third-order valence-corrected chi connectivity index (χ3v) is 3.81. The molecule has 0 fully saturated rings. The fraction of sp³-hybridized carbons (Fsp3) is 0.353. The number of benzene rings is 1. The highest BCUT2D eigenvalue weighted by Gasteiger charge is 2.38. The van der Waals surface area contributed by atoms with E-state index in [2.05, 4.69) is 5.32 Å². The number of nitrogens with one attached hydrogen (secondary N) is 1. The lowest BCUT2D eigenvalue weighted by Crippen LogP contribution is -2.35. The molecule has 0 spiro atoms. The van der Waals surface area contributed by atoms with Gasteiger partial charge in [0, 0.05) is 23.2 Å². The number of non-ortho nitro benzene ring substituents is 1. The molecule has 0 saturated carbocycles. The van der Waals surface area contributed by atoms with Crippen LogP contribution in [-0.2, 0) is 14.9 Å². The van der Waals surface area contributed by atoms with Crippen LogP contribution in [0.15, 0.2) is 47.8 Å². The van der Waals surface area contributed by atoms with Crippen molar-refractivity contribution in [2.75, 3.05) is 0 Å². The number of carbonyl (C=O) groups is 1. The third-order valence-electron chi connectivity index (χ3n) is 3.81. The summed E-state index contributed by atoms with van der Waals surface area (Å²) in [6.45, 7) is 7.20. The molecule has 2 rings (SSSR count). The third kappa shape index (κ3) is 3.26. The Morgan fingerprint density at radius 3 is 2.70 bits per heavy atom. The number of nitrogens with zero attached hydrogens (tertiary/aromatic N) is 1. The van der Waals surface area contributed by atoms with Crippen molar-refractivity contribution in [1.29, 1.82) is 0 Å². The van der Waals surface area contributed by atoms with Crippen LogP contribution in [0.3, 0.4) is 0 Å². The lowest BCUT2D eigenvalue weighted by molar-refractivity contribution is -0.384. The summed E-state index contributed by atoms with van der Waals surface area (Å²) in [4.78, 5) is 23.1. The fourth-order valence-electron chi connectivity index (χ4n) is 2.70. The van der Waals surface area contributed by atoms with E-state index < -0.39 is 16.3 Å². The Morgan fingerprint density at radius 1 is 1.39 bits per heavy atom.